The van der Waals surface area contributed by atoms with Crippen LogP contribution >= 0.6 is 0 Å². The van der Waals surface area contributed by atoms with Crippen LogP contribution in [0, 0.1) is 0 Å². The van der Waals surface area contributed by atoms with Gasteiger partial charge in [-0.05, 0) is 57.3 Å². The number of hydrogen-bond donors (Lipinski definition) is 0. The van der Waals surface area contributed by atoms with Crippen molar-refractivity contribution in [3.05, 3.63) is 170 Å². The van der Waals surface area contributed by atoms with E-state index in [-0.39, 0.29) is 0 Å². The third kappa shape index (κ3) is 3.76. The fourth-order valence-corrected chi connectivity index (χ4v) is 8.14. The summed E-state index contributed by atoms with van der Waals surface area (Å²) in [5.74, 6) is 0.655. The van der Waals surface area contributed by atoms with Gasteiger partial charge in [0.25, 0.3) is 0 Å². The van der Waals surface area contributed by atoms with Crippen molar-refractivity contribution in [1.29, 1.82) is 0 Å². The zero-order valence-electron chi connectivity index (χ0n) is 27.0. The summed E-state index contributed by atoms with van der Waals surface area (Å²) in [4.78, 5) is 11.1. The molecule has 0 amide bonds. The number of para-hydroxylation sites is 1. The smallest absolute Gasteiger partial charge is 0.235 e. The molecule has 232 valence electrons. The summed E-state index contributed by atoms with van der Waals surface area (Å²) in [6.45, 7) is 0. The van der Waals surface area contributed by atoms with Crippen LogP contribution in [0.15, 0.2) is 170 Å². The minimum Gasteiger partial charge on any atom is -0.305 e. The molecule has 0 unspecified atom stereocenters. The predicted octanol–water partition coefficient (Wildman–Crippen LogP) is 11.8. The highest BCUT2D eigenvalue weighted by Gasteiger charge is 2.25. The second-order valence-corrected chi connectivity index (χ2v) is 13.0. The van der Waals surface area contributed by atoms with Gasteiger partial charge in [0.05, 0.1) is 22.1 Å². The molecule has 3 heterocycles. The van der Waals surface area contributed by atoms with Gasteiger partial charge in [-0.2, -0.15) is 0 Å². The van der Waals surface area contributed by atoms with E-state index in [2.05, 4.69) is 179 Å². The molecular weight excluding hydrogens is 609 g/mol. The normalized spacial score (nSPS) is 12.0. The van der Waals surface area contributed by atoms with Gasteiger partial charge in [-0.25, -0.2) is 9.97 Å². The lowest BCUT2D eigenvalue weighted by Gasteiger charge is -2.14. The molecule has 0 spiro atoms. The molecule has 50 heavy (non-hydrogen) atoms. The Kier molecular flexibility index (Phi) is 5.63. The van der Waals surface area contributed by atoms with E-state index in [9.17, 15) is 0 Å². The van der Waals surface area contributed by atoms with Crippen molar-refractivity contribution in [1.82, 2.24) is 19.1 Å². The van der Waals surface area contributed by atoms with Gasteiger partial charge >= 0.3 is 0 Å². The molecule has 0 aliphatic rings. The molecule has 4 nitrogen and oxygen atoms in total. The van der Waals surface area contributed by atoms with Crippen molar-refractivity contribution in [2.75, 3.05) is 0 Å². The molecule has 0 bridgehead atoms. The highest BCUT2D eigenvalue weighted by atomic mass is 15.2. The quantitative estimate of drug-likeness (QED) is 0.193. The maximum absolute atomic E-state index is 5.58. The average Bonchev–Trinajstić information content (AvgIpc) is 3.72. The van der Waals surface area contributed by atoms with E-state index in [0.29, 0.717) is 5.95 Å². The molecular formula is C46H28N4. The summed E-state index contributed by atoms with van der Waals surface area (Å²) in [5, 5.41) is 10.8. The zero-order chi connectivity index (χ0) is 32.8. The third-order valence-electron chi connectivity index (χ3n) is 10.3. The van der Waals surface area contributed by atoms with Gasteiger partial charge in [0.15, 0.2) is 0 Å². The van der Waals surface area contributed by atoms with Crippen molar-refractivity contribution < 1.29 is 0 Å². The number of benzene rings is 8. The van der Waals surface area contributed by atoms with Crippen molar-refractivity contribution in [2.24, 2.45) is 0 Å². The fourth-order valence-electron chi connectivity index (χ4n) is 8.14. The van der Waals surface area contributed by atoms with Crippen LogP contribution in [0.1, 0.15) is 0 Å². The first kappa shape index (κ1) is 27.2. The lowest BCUT2D eigenvalue weighted by molar-refractivity contribution is 1.01. The van der Waals surface area contributed by atoms with Gasteiger partial charge < -0.3 is 4.57 Å². The molecule has 4 heteroatoms. The van der Waals surface area contributed by atoms with E-state index in [1.54, 1.807) is 0 Å². The van der Waals surface area contributed by atoms with Crippen LogP contribution in [0.25, 0.3) is 99.0 Å². The fraction of sp³-hybridized carbons (Fsp3) is 0. The summed E-state index contributed by atoms with van der Waals surface area (Å²) in [6.07, 6.45) is 0. The monoisotopic (exact) mass is 636 g/mol. The SMILES string of the molecule is c1ccc(-c2nc(-n3c4ccc5ccccc5c4c4c5ccccc5ccc43)nc3c4ccc5ccccc5c4n(-c4ccccc4)c23)cc1. The molecule has 8 aromatic carbocycles. The molecule has 0 atom stereocenters. The minimum absolute atomic E-state index is 0.655. The number of nitrogens with zero attached hydrogens (tertiary/aromatic N) is 4. The van der Waals surface area contributed by atoms with Crippen LogP contribution in [0.2, 0.25) is 0 Å². The molecule has 0 aliphatic carbocycles. The zero-order valence-corrected chi connectivity index (χ0v) is 27.0. The Morgan fingerprint density at radius 3 is 1.52 bits per heavy atom. The summed E-state index contributed by atoms with van der Waals surface area (Å²) in [7, 11) is 0. The van der Waals surface area contributed by atoms with Crippen LogP contribution in [-0.2, 0) is 0 Å². The summed E-state index contributed by atoms with van der Waals surface area (Å²) >= 11 is 0. The number of aromatic nitrogens is 4. The first-order valence-electron chi connectivity index (χ1n) is 17.0. The number of hydrogen-bond acceptors (Lipinski definition) is 2. The Labute approximate surface area is 287 Å². The lowest BCUT2D eigenvalue weighted by atomic mass is 10.00. The van der Waals surface area contributed by atoms with E-state index in [1.807, 2.05) is 0 Å². The molecule has 0 radical (unpaired) electrons. The van der Waals surface area contributed by atoms with Crippen LogP contribution in [0.4, 0.5) is 0 Å². The van der Waals surface area contributed by atoms with Gasteiger partial charge in [-0.15, -0.1) is 0 Å². The highest BCUT2D eigenvalue weighted by molar-refractivity contribution is 6.28. The molecule has 11 rings (SSSR count). The largest absolute Gasteiger partial charge is 0.305 e. The van der Waals surface area contributed by atoms with Crippen LogP contribution < -0.4 is 0 Å². The van der Waals surface area contributed by atoms with E-state index >= 15 is 0 Å². The molecule has 0 saturated carbocycles. The Morgan fingerprint density at radius 1 is 0.360 bits per heavy atom. The Morgan fingerprint density at radius 2 is 0.880 bits per heavy atom. The minimum atomic E-state index is 0.655. The molecule has 0 N–H and O–H groups in total. The van der Waals surface area contributed by atoms with Crippen LogP contribution in [0.3, 0.4) is 0 Å². The second-order valence-electron chi connectivity index (χ2n) is 13.0. The van der Waals surface area contributed by atoms with Gasteiger partial charge in [0.1, 0.15) is 11.2 Å². The van der Waals surface area contributed by atoms with E-state index < -0.39 is 0 Å². The average molecular weight is 637 g/mol. The van der Waals surface area contributed by atoms with Crippen molar-refractivity contribution in [3.8, 4) is 22.9 Å². The molecule has 0 aliphatic heterocycles. The predicted molar refractivity (Wildman–Crippen MR) is 209 cm³/mol. The molecule has 11 aromatic rings. The molecule has 3 aromatic heterocycles. The maximum atomic E-state index is 5.58. The standard InChI is InChI=1S/C46H28N4/c1-3-16-32(17-4-1)42-45-43(37-26-23-31-15-9-12-22-36(31)44(37)49(45)33-18-5-2-6-19-33)48-46(47-42)50-38-27-24-29-13-7-10-20-34(29)40(38)41-35-21-11-8-14-30(35)25-28-39(41)50/h1-28H. The van der Waals surface area contributed by atoms with Gasteiger partial charge in [-0.3, -0.25) is 4.57 Å². The Balaban J connectivity index is 1.37. The van der Waals surface area contributed by atoms with Crippen LogP contribution in [0.5, 0.6) is 0 Å². The van der Waals surface area contributed by atoms with E-state index in [1.165, 1.54) is 43.1 Å². The van der Waals surface area contributed by atoms with E-state index in [4.69, 9.17) is 9.97 Å². The number of fused-ring (bicyclic) bond motifs is 12. The van der Waals surface area contributed by atoms with Crippen molar-refractivity contribution in [2.45, 2.75) is 0 Å². The first-order chi connectivity index (χ1) is 24.8. The Hall–Kier alpha value is -6.78. The Bertz CT molecular complexity index is 3040. The summed E-state index contributed by atoms with van der Waals surface area (Å²) in [6, 6.07) is 60.5. The summed E-state index contributed by atoms with van der Waals surface area (Å²) < 4.78 is 4.65. The topological polar surface area (TPSA) is 35.6 Å². The number of rotatable bonds is 3. The third-order valence-corrected chi connectivity index (χ3v) is 10.3. The first-order valence-corrected chi connectivity index (χ1v) is 17.0. The van der Waals surface area contributed by atoms with Crippen molar-refractivity contribution in [3.63, 3.8) is 0 Å². The second kappa shape index (κ2) is 10.4. The van der Waals surface area contributed by atoms with E-state index in [0.717, 1.165) is 49.9 Å². The summed E-state index contributed by atoms with van der Waals surface area (Å²) in [5.41, 5.74) is 8.24. The highest BCUT2D eigenvalue weighted by Crippen LogP contribution is 2.43. The van der Waals surface area contributed by atoms with Crippen LogP contribution in [-0.4, -0.2) is 19.1 Å². The van der Waals surface area contributed by atoms with Crippen molar-refractivity contribution >= 4 is 76.1 Å². The maximum Gasteiger partial charge on any atom is 0.235 e. The lowest BCUT2D eigenvalue weighted by Crippen LogP contribution is -2.05. The molecule has 0 saturated heterocycles. The van der Waals surface area contributed by atoms with Gasteiger partial charge in [0, 0.05) is 32.8 Å². The molecule has 0 fully saturated rings. The van der Waals surface area contributed by atoms with Gasteiger partial charge in [-0.1, -0.05) is 140 Å². The van der Waals surface area contributed by atoms with Gasteiger partial charge in [0.2, 0.25) is 5.95 Å².